The van der Waals surface area contributed by atoms with Gasteiger partial charge in [-0.25, -0.2) is 0 Å². The summed E-state index contributed by atoms with van der Waals surface area (Å²) >= 11 is 0. The number of hydrogen-bond acceptors (Lipinski definition) is 6. The number of aliphatic hydroxyl groups is 2. The number of aliphatic hydroxyl groups excluding tert-OH is 2. The molecule has 112 valence electrons. The molecule has 0 aliphatic carbocycles. The number of carbonyl (C=O) groups is 2. The summed E-state index contributed by atoms with van der Waals surface area (Å²) in [7, 11) is 0. The second-order valence-electron chi connectivity index (χ2n) is 5.43. The van der Waals surface area contributed by atoms with Crippen LogP contribution < -0.4 is 11.1 Å². The van der Waals surface area contributed by atoms with Crippen LogP contribution in [0.3, 0.4) is 0 Å². The summed E-state index contributed by atoms with van der Waals surface area (Å²) in [6.45, 7) is 0. The summed E-state index contributed by atoms with van der Waals surface area (Å²) in [6, 6.07) is 4.21. The number of nitrogens with one attached hydrogen (secondary N) is 1. The molecule has 1 saturated heterocycles. The van der Waals surface area contributed by atoms with Gasteiger partial charge in [0.1, 0.15) is 12.5 Å². The van der Waals surface area contributed by atoms with Crippen LogP contribution >= 0.6 is 0 Å². The highest BCUT2D eigenvalue weighted by atomic mass is 16.3. The molecule has 0 saturated carbocycles. The van der Waals surface area contributed by atoms with E-state index in [9.17, 15) is 19.8 Å². The van der Waals surface area contributed by atoms with Crippen molar-refractivity contribution < 1.29 is 19.8 Å². The fourth-order valence-electron chi connectivity index (χ4n) is 2.92. The molecule has 2 aliphatic heterocycles. The average Bonchev–Trinajstić information content (AvgIpc) is 2.42. The average molecular weight is 291 g/mol. The minimum atomic E-state index is -1.13. The van der Waals surface area contributed by atoms with Crippen LogP contribution in [-0.4, -0.2) is 45.4 Å². The number of nitrogen functional groups attached to an aromatic ring is 1. The molecule has 3 atom stereocenters. The summed E-state index contributed by atoms with van der Waals surface area (Å²) in [5.74, 6) is -0.796. The predicted molar refractivity (Wildman–Crippen MR) is 73.9 cm³/mol. The van der Waals surface area contributed by atoms with Gasteiger partial charge in [0.25, 0.3) is 5.91 Å². The molecule has 1 aromatic rings. The minimum absolute atomic E-state index is 0.104. The lowest BCUT2D eigenvalue weighted by Crippen LogP contribution is -2.61. The largest absolute Gasteiger partial charge is 0.399 e. The van der Waals surface area contributed by atoms with E-state index in [0.717, 1.165) is 4.90 Å². The molecule has 21 heavy (non-hydrogen) atoms. The first kappa shape index (κ1) is 14.0. The maximum absolute atomic E-state index is 12.6. The number of benzene rings is 1. The Morgan fingerprint density at radius 1 is 1.24 bits per heavy atom. The molecule has 2 heterocycles. The maximum atomic E-state index is 12.6. The van der Waals surface area contributed by atoms with E-state index in [4.69, 9.17) is 5.73 Å². The smallest absolute Gasteiger partial charge is 0.261 e. The van der Waals surface area contributed by atoms with E-state index in [0.29, 0.717) is 29.7 Å². The van der Waals surface area contributed by atoms with Crippen molar-refractivity contribution in [3.05, 3.63) is 29.3 Å². The van der Waals surface area contributed by atoms with Gasteiger partial charge in [0.05, 0.1) is 12.5 Å². The highest BCUT2D eigenvalue weighted by Crippen LogP contribution is 2.27. The van der Waals surface area contributed by atoms with E-state index in [-0.39, 0.29) is 12.3 Å². The molecule has 0 radical (unpaired) electrons. The number of imide groups is 1. The van der Waals surface area contributed by atoms with Crippen LogP contribution in [0.4, 0.5) is 5.69 Å². The number of nitrogens with zero attached hydrogens (tertiary/aromatic N) is 1. The van der Waals surface area contributed by atoms with Gasteiger partial charge in [-0.2, -0.15) is 0 Å². The van der Waals surface area contributed by atoms with Crippen molar-refractivity contribution >= 4 is 17.5 Å². The number of nitrogens with two attached hydrogens (primary N) is 1. The van der Waals surface area contributed by atoms with Crippen molar-refractivity contribution in [2.24, 2.45) is 0 Å². The van der Waals surface area contributed by atoms with Crippen LogP contribution in [0, 0.1) is 0 Å². The molecule has 3 rings (SSSR count). The summed E-state index contributed by atoms with van der Waals surface area (Å²) in [5.41, 5.74) is 7.19. The van der Waals surface area contributed by atoms with E-state index < -0.39 is 24.4 Å². The Bertz CT molecular complexity index is 604. The normalized spacial score (nSPS) is 29.4. The highest BCUT2D eigenvalue weighted by Gasteiger charge is 2.41. The molecule has 0 bridgehead atoms. The van der Waals surface area contributed by atoms with Crippen LogP contribution in [0.15, 0.2) is 18.2 Å². The number of hydrogen-bond donors (Lipinski definition) is 4. The van der Waals surface area contributed by atoms with Crippen LogP contribution in [-0.2, 0) is 11.2 Å². The monoisotopic (exact) mass is 291 g/mol. The van der Waals surface area contributed by atoms with E-state index in [1.165, 1.54) is 0 Å². The molecule has 7 nitrogen and oxygen atoms in total. The molecular weight excluding hydrogens is 274 g/mol. The van der Waals surface area contributed by atoms with Gasteiger partial charge in [-0.05, 0) is 30.5 Å². The van der Waals surface area contributed by atoms with E-state index in [1.807, 2.05) is 0 Å². The topological polar surface area (TPSA) is 116 Å². The van der Waals surface area contributed by atoms with Crippen LogP contribution in [0.25, 0.3) is 0 Å². The van der Waals surface area contributed by atoms with Crippen LogP contribution in [0.5, 0.6) is 0 Å². The Balaban J connectivity index is 1.93. The lowest BCUT2D eigenvalue weighted by Gasteiger charge is -2.40. The van der Waals surface area contributed by atoms with Crippen molar-refractivity contribution in [2.75, 3.05) is 5.73 Å². The van der Waals surface area contributed by atoms with Crippen molar-refractivity contribution in [2.45, 2.75) is 37.8 Å². The van der Waals surface area contributed by atoms with Crippen LogP contribution in [0.1, 0.15) is 28.8 Å². The van der Waals surface area contributed by atoms with Gasteiger partial charge in [0.15, 0.2) is 0 Å². The van der Waals surface area contributed by atoms with Gasteiger partial charge in [-0.15, -0.1) is 0 Å². The quantitative estimate of drug-likeness (QED) is 0.397. The summed E-state index contributed by atoms with van der Waals surface area (Å²) in [5, 5.41) is 22.0. The van der Waals surface area contributed by atoms with Gasteiger partial charge in [0, 0.05) is 11.3 Å². The lowest BCUT2D eigenvalue weighted by atomic mass is 9.94. The van der Waals surface area contributed by atoms with E-state index in [1.54, 1.807) is 18.2 Å². The zero-order valence-corrected chi connectivity index (χ0v) is 11.3. The van der Waals surface area contributed by atoms with Gasteiger partial charge in [-0.3, -0.25) is 19.8 Å². The second-order valence-corrected chi connectivity index (χ2v) is 5.43. The summed E-state index contributed by atoms with van der Waals surface area (Å²) < 4.78 is 0. The molecule has 0 spiro atoms. The van der Waals surface area contributed by atoms with Gasteiger partial charge in [0.2, 0.25) is 5.91 Å². The molecule has 7 heteroatoms. The molecule has 1 fully saturated rings. The number of piperidine rings is 1. The maximum Gasteiger partial charge on any atom is 0.261 e. The zero-order valence-electron chi connectivity index (χ0n) is 11.3. The Morgan fingerprint density at radius 3 is 2.71 bits per heavy atom. The molecule has 0 aromatic heterocycles. The first-order valence-electron chi connectivity index (χ1n) is 6.84. The molecule has 2 aliphatic rings. The fourth-order valence-corrected chi connectivity index (χ4v) is 2.92. The standard InChI is InChI=1S/C14H17N3O4/c15-8-2-1-7-5-12(19)17(14(21)9(7)6-8)10-3-4-11(18)16-13(10)20/h1-2,6,10-11,13,16,18,20H,3-5,15H2. The van der Waals surface area contributed by atoms with E-state index in [2.05, 4.69) is 5.32 Å². The Kier molecular flexibility index (Phi) is 3.40. The second kappa shape index (κ2) is 5.10. The first-order valence-corrected chi connectivity index (χ1v) is 6.84. The molecular formula is C14H17N3O4. The first-order chi connectivity index (χ1) is 9.97. The Hall–Kier alpha value is -1.96. The molecule has 2 amide bonds. The fraction of sp³-hybridized carbons (Fsp3) is 0.429. The number of amides is 2. The van der Waals surface area contributed by atoms with Crippen LogP contribution in [0.2, 0.25) is 0 Å². The number of anilines is 1. The van der Waals surface area contributed by atoms with Gasteiger partial charge < -0.3 is 15.9 Å². The molecule has 1 aromatic carbocycles. The Morgan fingerprint density at radius 2 is 2.00 bits per heavy atom. The van der Waals surface area contributed by atoms with Gasteiger partial charge in [-0.1, -0.05) is 6.07 Å². The SMILES string of the molecule is Nc1ccc2c(c1)C(=O)N(C1CCC(O)NC1O)C(=O)C2. The third-order valence-electron chi connectivity index (χ3n) is 3.99. The molecule has 5 N–H and O–H groups in total. The van der Waals surface area contributed by atoms with E-state index >= 15 is 0 Å². The minimum Gasteiger partial charge on any atom is -0.399 e. The van der Waals surface area contributed by atoms with Crippen molar-refractivity contribution in [3.63, 3.8) is 0 Å². The highest BCUT2D eigenvalue weighted by molar-refractivity contribution is 6.10. The van der Waals surface area contributed by atoms with Crippen molar-refractivity contribution in [1.82, 2.24) is 10.2 Å². The van der Waals surface area contributed by atoms with Crippen molar-refractivity contribution in [1.29, 1.82) is 0 Å². The third kappa shape index (κ3) is 2.39. The molecule has 3 unspecified atom stereocenters. The summed E-state index contributed by atoms with van der Waals surface area (Å²) in [6.07, 6.45) is -1.14. The number of carbonyl (C=O) groups excluding carboxylic acids is 2. The zero-order chi connectivity index (χ0) is 15.1. The van der Waals surface area contributed by atoms with Crippen molar-refractivity contribution in [3.8, 4) is 0 Å². The third-order valence-corrected chi connectivity index (χ3v) is 3.99. The summed E-state index contributed by atoms with van der Waals surface area (Å²) in [4.78, 5) is 25.9. The predicted octanol–water partition coefficient (Wildman–Crippen LogP) is -0.818. The number of fused-ring (bicyclic) bond motifs is 1. The number of rotatable bonds is 1. The van der Waals surface area contributed by atoms with Gasteiger partial charge >= 0.3 is 0 Å². The Labute approximate surface area is 121 Å². The lowest BCUT2D eigenvalue weighted by molar-refractivity contribution is -0.136.